The third kappa shape index (κ3) is 5.66. The molecular formula is C17H27ClN2O4S2. The van der Waals surface area contributed by atoms with Crippen molar-refractivity contribution in [3.8, 4) is 0 Å². The topological polar surface area (TPSA) is 75.7 Å². The van der Waals surface area contributed by atoms with Gasteiger partial charge >= 0.3 is 0 Å². The van der Waals surface area contributed by atoms with Gasteiger partial charge in [0.1, 0.15) is 4.21 Å². The molecule has 0 spiro atoms. The monoisotopic (exact) mass is 422 g/mol. The molecule has 0 saturated carbocycles. The molecule has 0 aromatic carbocycles. The van der Waals surface area contributed by atoms with Crippen LogP contribution in [0.3, 0.4) is 0 Å². The van der Waals surface area contributed by atoms with Crippen LogP contribution in [0.25, 0.3) is 0 Å². The fourth-order valence-electron chi connectivity index (χ4n) is 3.08. The van der Waals surface area contributed by atoms with Gasteiger partial charge in [0, 0.05) is 38.8 Å². The molecule has 1 aromatic rings. The van der Waals surface area contributed by atoms with Crippen LogP contribution in [0.5, 0.6) is 0 Å². The predicted octanol–water partition coefficient (Wildman–Crippen LogP) is 2.98. The van der Waals surface area contributed by atoms with E-state index in [4.69, 9.17) is 16.3 Å². The van der Waals surface area contributed by atoms with Gasteiger partial charge in [-0.2, -0.15) is 4.31 Å². The van der Waals surface area contributed by atoms with Crippen molar-refractivity contribution < 1.29 is 17.9 Å². The molecule has 1 aliphatic rings. The summed E-state index contributed by atoms with van der Waals surface area (Å²) >= 11 is 6.93. The number of carbonyl (C=O) groups excluding carboxylic acids is 1. The van der Waals surface area contributed by atoms with Crippen molar-refractivity contribution in [2.24, 2.45) is 11.8 Å². The Bertz CT molecular complexity index is 685. The normalized spacial score (nSPS) is 18.0. The average Bonchev–Trinajstić information content (AvgIpc) is 3.08. The highest BCUT2D eigenvalue weighted by Gasteiger charge is 2.33. The zero-order chi connectivity index (χ0) is 19.2. The Kier molecular flexibility index (Phi) is 8.35. The molecule has 26 heavy (non-hydrogen) atoms. The second-order valence-corrected chi connectivity index (χ2v) is 10.3. The molecule has 6 nitrogen and oxygen atoms in total. The van der Waals surface area contributed by atoms with E-state index in [1.807, 2.05) is 13.8 Å². The van der Waals surface area contributed by atoms with Crippen LogP contribution in [-0.4, -0.2) is 51.5 Å². The summed E-state index contributed by atoms with van der Waals surface area (Å²) in [5.74, 6) is 0.108. The lowest BCUT2D eigenvalue weighted by atomic mass is 9.85. The van der Waals surface area contributed by atoms with Gasteiger partial charge in [-0.05, 0) is 44.2 Å². The lowest BCUT2D eigenvalue weighted by Crippen LogP contribution is -2.42. The minimum Gasteiger partial charge on any atom is -0.382 e. The standard InChI is InChI=1S/C17H27ClN2O4S2/c1-3-24-12-4-9-19-17(21)13(2)14-7-10-20(11-8-14)26(22,23)16-6-5-15(18)25-16/h5-6,13-14H,3-4,7-12H2,1-2H3,(H,19,21)/t13-/m0/s1. The number of halogens is 1. The molecule has 1 amide bonds. The molecule has 1 saturated heterocycles. The summed E-state index contributed by atoms with van der Waals surface area (Å²) in [7, 11) is -3.48. The fraction of sp³-hybridized carbons (Fsp3) is 0.706. The van der Waals surface area contributed by atoms with Crippen molar-refractivity contribution in [2.45, 2.75) is 37.3 Å². The number of rotatable bonds is 9. The quantitative estimate of drug-likeness (QED) is 0.620. The summed E-state index contributed by atoms with van der Waals surface area (Å²) in [4.78, 5) is 12.3. The van der Waals surface area contributed by atoms with Crippen molar-refractivity contribution in [1.82, 2.24) is 9.62 Å². The van der Waals surface area contributed by atoms with E-state index in [0.717, 1.165) is 17.8 Å². The summed E-state index contributed by atoms with van der Waals surface area (Å²) in [6.07, 6.45) is 2.17. The van der Waals surface area contributed by atoms with Crippen LogP contribution in [0.1, 0.15) is 33.1 Å². The van der Waals surface area contributed by atoms with E-state index < -0.39 is 10.0 Å². The second-order valence-electron chi connectivity index (χ2n) is 6.43. The molecule has 0 bridgehead atoms. The van der Waals surface area contributed by atoms with Crippen LogP contribution in [0.15, 0.2) is 16.3 Å². The smallest absolute Gasteiger partial charge is 0.252 e. The third-order valence-electron chi connectivity index (χ3n) is 4.73. The lowest BCUT2D eigenvalue weighted by molar-refractivity contribution is -0.126. The average molecular weight is 423 g/mol. The Morgan fingerprint density at radius 2 is 2.12 bits per heavy atom. The van der Waals surface area contributed by atoms with Crippen molar-refractivity contribution in [2.75, 3.05) is 32.8 Å². The Labute approximate surface area is 164 Å². The van der Waals surface area contributed by atoms with E-state index in [1.165, 1.54) is 4.31 Å². The maximum Gasteiger partial charge on any atom is 0.252 e. The molecule has 1 N–H and O–H groups in total. The molecular weight excluding hydrogens is 396 g/mol. The molecule has 0 radical (unpaired) electrons. The highest BCUT2D eigenvalue weighted by Crippen LogP contribution is 2.32. The third-order valence-corrected chi connectivity index (χ3v) is 8.33. The first kappa shape index (κ1) is 21.6. The van der Waals surface area contributed by atoms with Crippen molar-refractivity contribution >= 4 is 38.9 Å². The molecule has 1 aromatic heterocycles. The molecule has 2 rings (SSSR count). The zero-order valence-electron chi connectivity index (χ0n) is 15.2. The minimum absolute atomic E-state index is 0.0350. The van der Waals surface area contributed by atoms with E-state index in [2.05, 4.69) is 5.32 Å². The summed E-state index contributed by atoms with van der Waals surface area (Å²) in [5.41, 5.74) is 0. The molecule has 9 heteroatoms. The highest BCUT2D eigenvalue weighted by atomic mass is 35.5. The molecule has 1 aliphatic heterocycles. The van der Waals surface area contributed by atoms with Crippen LogP contribution >= 0.6 is 22.9 Å². The van der Waals surface area contributed by atoms with Gasteiger partial charge in [-0.3, -0.25) is 4.79 Å². The van der Waals surface area contributed by atoms with Gasteiger partial charge < -0.3 is 10.1 Å². The molecule has 1 fully saturated rings. The first-order chi connectivity index (χ1) is 12.4. The van der Waals surface area contributed by atoms with Crippen LogP contribution in [0, 0.1) is 11.8 Å². The molecule has 0 aliphatic carbocycles. The molecule has 148 valence electrons. The number of carbonyl (C=O) groups is 1. The van der Waals surface area contributed by atoms with E-state index in [1.54, 1.807) is 12.1 Å². The second kappa shape index (κ2) is 10.0. The predicted molar refractivity (Wildman–Crippen MR) is 104 cm³/mol. The van der Waals surface area contributed by atoms with Gasteiger partial charge in [0.25, 0.3) is 10.0 Å². The maximum absolute atomic E-state index is 12.6. The van der Waals surface area contributed by atoms with Gasteiger partial charge in [0.2, 0.25) is 5.91 Å². The Morgan fingerprint density at radius 1 is 1.42 bits per heavy atom. The number of ether oxygens (including phenoxy) is 1. The Balaban J connectivity index is 1.81. The number of amides is 1. The molecule has 0 unspecified atom stereocenters. The largest absolute Gasteiger partial charge is 0.382 e. The van der Waals surface area contributed by atoms with Crippen LogP contribution < -0.4 is 5.32 Å². The van der Waals surface area contributed by atoms with Crippen LogP contribution in [0.4, 0.5) is 0 Å². The molecule has 1 atom stereocenters. The van der Waals surface area contributed by atoms with Crippen LogP contribution in [-0.2, 0) is 19.6 Å². The van der Waals surface area contributed by atoms with Gasteiger partial charge in [0.05, 0.1) is 4.34 Å². The number of sulfonamides is 1. The van der Waals surface area contributed by atoms with Crippen molar-refractivity contribution in [1.29, 1.82) is 0 Å². The molecule has 2 heterocycles. The van der Waals surface area contributed by atoms with E-state index in [-0.39, 0.29) is 22.0 Å². The number of hydrogen-bond acceptors (Lipinski definition) is 5. The maximum atomic E-state index is 12.6. The zero-order valence-corrected chi connectivity index (χ0v) is 17.6. The lowest BCUT2D eigenvalue weighted by Gasteiger charge is -2.33. The first-order valence-electron chi connectivity index (χ1n) is 8.97. The minimum atomic E-state index is -3.48. The van der Waals surface area contributed by atoms with Crippen molar-refractivity contribution in [3.63, 3.8) is 0 Å². The summed E-state index contributed by atoms with van der Waals surface area (Å²) in [5, 5.41) is 2.94. The number of hydrogen-bond donors (Lipinski definition) is 1. The van der Waals surface area contributed by atoms with Gasteiger partial charge in [-0.15, -0.1) is 11.3 Å². The first-order valence-corrected chi connectivity index (χ1v) is 11.6. The van der Waals surface area contributed by atoms with E-state index >= 15 is 0 Å². The van der Waals surface area contributed by atoms with Crippen LogP contribution in [0.2, 0.25) is 4.34 Å². The van der Waals surface area contributed by atoms with Gasteiger partial charge in [-0.1, -0.05) is 18.5 Å². The number of nitrogens with zero attached hydrogens (tertiary/aromatic N) is 1. The van der Waals surface area contributed by atoms with E-state index in [0.29, 0.717) is 50.0 Å². The SMILES string of the molecule is CCOCCCNC(=O)[C@@H](C)C1CCN(S(=O)(=O)c2ccc(Cl)s2)CC1. The summed E-state index contributed by atoms with van der Waals surface area (Å²) in [6, 6.07) is 3.15. The number of thiophene rings is 1. The fourth-order valence-corrected chi connectivity index (χ4v) is 6.19. The summed E-state index contributed by atoms with van der Waals surface area (Å²) < 4.78 is 32.7. The van der Waals surface area contributed by atoms with Crippen molar-refractivity contribution in [3.05, 3.63) is 16.5 Å². The van der Waals surface area contributed by atoms with Gasteiger partial charge in [-0.25, -0.2) is 8.42 Å². The van der Waals surface area contributed by atoms with Gasteiger partial charge in [0.15, 0.2) is 0 Å². The Hall–Kier alpha value is -0.670. The number of nitrogens with one attached hydrogen (secondary N) is 1. The Morgan fingerprint density at radius 3 is 2.69 bits per heavy atom. The van der Waals surface area contributed by atoms with E-state index in [9.17, 15) is 13.2 Å². The number of piperidine rings is 1. The summed E-state index contributed by atoms with van der Waals surface area (Å²) in [6.45, 7) is 6.67. The highest BCUT2D eigenvalue weighted by molar-refractivity contribution is 7.91.